The molecule has 6 nitrogen and oxygen atoms in total. The average molecular weight is 423 g/mol. The minimum absolute atomic E-state index is 0.104. The smallest absolute Gasteiger partial charge is 0.267 e. The van der Waals surface area contributed by atoms with Crippen molar-refractivity contribution in [3.8, 4) is 5.75 Å². The molecular formula is C25H30N2O4. The second-order valence-electron chi connectivity index (χ2n) is 7.86. The van der Waals surface area contributed by atoms with Crippen molar-refractivity contribution < 1.29 is 19.4 Å². The van der Waals surface area contributed by atoms with Crippen molar-refractivity contribution in [2.45, 2.75) is 32.6 Å². The van der Waals surface area contributed by atoms with Crippen LogP contribution in [0.25, 0.3) is 6.08 Å². The van der Waals surface area contributed by atoms with Crippen LogP contribution in [0.15, 0.2) is 54.2 Å². The molecule has 1 aliphatic rings. The van der Waals surface area contributed by atoms with Gasteiger partial charge in [0, 0.05) is 12.1 Å². The van der Waals surface area contributed by atoms with E-state index in [4.69, 9.17) is 9.84 Å². The summed E-state index contributed by atoms with van der Waals surface area (Å²) in [6.07, 6.45) is 6.57. The minimum Gasteiger partial charge on any atom is -0.494 e. The fraction of sp³-hybridized carbons (Fsp3) is 0.360. The number of amides is 2. The third-order valence-electron chi connectivity index (χ3n) is 5.12. The lowest BCUT2D eigenvalue weighted by Crippen LogP contribution is -2.36. The van der Waals surface area contributed by atoms with Crippen LogP contribution < -0.4 is 15.4 Å². The van der Waals surface area contributed by atoms with E-state index in [2.05, 4.69) is 10.6 Å². The molecule has 0 unspecified atom stereocenters. The van der Waals surface area contributed by atoms with Crippen molar-refractivity contribution in [3.05, 3.63) is 70.9 Å². The number of rotatable bonds is 11. The fourth-order valence-corrected chi connectivity index (χ4v) is 3.12. The summed E-state index contributed by atoms with van der Waals surface area (Å²) in [7, 11) is 0. The average Bonchev–Trinajstić information content (AvgIpc) is 3.61. The highest BCUT2D eigenvalue weighted by atomic mass is 16.5. The van der Waals surface area contributed by atoms with E-state index in [1.54, 1.807) is 30.3 Å². The molecule has 6 heteroatoms. The van der Waals surface area contributed by atoms with Crippen LogP contribution in [-0.4, -0.2) is 36.7 Å². The van der Waals surface area contributed by atoms with Gasteiger partial charge >= 0.3 is 0 Å². The third kappa shape index (κ3) is 7.57. The molecule has 164 valence electrons. The summed E-state index contributed by atoms with van der Waals surface area (Å²) in [4.78, 5) is 25.2. The molecule has 2 aromatic carbocycles. The van der Waals surface area contributed by atoms with Crippen LogP contribution in [0.4, 0.5) is 0 Å². The maximum Gasteiger partial charge on any atom is 0.267 e. The summed E-state index contributed by atoms with van der Waals surface area (Å²) >= 11 is 0. The van der Waals surface area contributed by atoms with E-state index >= 15 is 0 Å². The van der Waals surface area contributed by atoms with E-state index in [0.717, 1.165) is 29.2 Å². The van der Waals surface area contributed by atoms with Crippen LogP contribution in [0, 0.1) is 12.8 Å². The molecule has 3 N–H and O–H groups in total. The molecule has 0 aliphatic heterocycles. The standard InChI is InChI=1S/C25H30N2O4/c1-18-4-6-20(7-5-18)17-23(25(30)26-14-15-28)27-24(29)21-10-12-22(13-11-21)31-16-2-3-19-8-9-19/h4-7,10-13,17,19,28H,2-3,8-9,14-16H2,1H3,(H,26,30)(H,27,29)/b23-17-. The van der Waals surface area contributed by atoms with E-state index in [1.807, 2.05) is 31.2 Å². The number of hydrogen-bond donors (Lipinski definition) is 3. The first-order valence-corrected chi connectivity index (χ1v) is 10.8. The van der Waals surface area contributed by atoms with E-state index < -0.39 is 11.8 Å². The maximum absolute atomic E-state index is 12.7. The van der Waals surface area contributed by atoms with Gasteiger partial charge in [-0.3, -0.25) is 9.59 Å². The van der Waals surface area contributed by atoms with Gasteiger partial charge in [0.05, 0.1) is 13.2 Å². The first-order valence-electron chi connectivity index (χ1n) is 10.8. The van der Waals surface area contributed by atoms with E-state index in [-0.39, 0.29) is 18.8 Å². The van der Waals surface area contributed by atoms with Crippen molar-refractivity contribution >= 4 is 17.9 Å². The monoisotopic (exact) mass is 422 g/mol. The second kappa shape index (κ2) is 11.3. The lowest BCUT2D eigenvalue weighted by molar-refractivity contribution is -0.117. The Morgan fingerprint density at radius 3 is 2.45 bits per heavy atom. The topological polar surface area (TPSA) is 87.7 Å². The van der Waals surface area contributed by atoms with Crippen molar-refractivity contribution in [1.82, 2.24) is 10.6 Å². The number of carbonyl (C=O) groups is 2. The summed E-state index contributed by atoms with van der Waals surface area (Å²) in [6, 6.07) is 14.5. The van der Waals surface area contributed by atoms with Gasteiger partial charge in [0.2, 0.25) is 0 Å². The molecule has 2 amide bonds. The maximum atomic E-state index is 12.7. The highest BCUT2D eigenvalue weighted by Gasteiger charge is 2.20. The zero-order valence-corrected chi connectivity index (χ0v) is 17.9. The van der Waals surface area contributed by atoms with Crippen LogP contribution in [-0.2, 0) is 4.79 Å². The summed E-state index contributed by atoms with van der Waals surface area (Å²) in [5, 5.41) is 14.2. The highest BCUT2D eigenvalue weighted by molar-refractivity contribution is 6.05. The second-order valence-corrected chi connectivity index (χ2v) is 7.86. The molecule has 1 aliphatic carbocycles. The Bertz CT molecular complexity index is 900. The molecule has 1 fully saturated rings. The SMILES string of the molecule is Cc1ccc(/C=C(\NC(=O)c2ccc(OCCCC3CC3)cc2)C(=O)NCCO)cc1. The lowest BCUT2D eigenvalue weighted by Gasteiger charge is -2.11. The van der Waals surface area contributed by atoms with E-state index in [1.165, 1.54) is 19.3 Å². The lowest BCUT2D eigenvalue weighted by atomic mass is 10.1. The quantitative estimate of drug-likeness (QED) is 0.382. The number of carbonyl (C=O) groups excluding carboxylic acids is 2. The molecule has 0 saturated heterocycles. The first kappa shape index (κ1) is 22.6. The van der Waals surface area contributed by atoms with E-state index in [0.29, 0.717) is 12.2 Å². The van der Waals surface area contributed by atoms with Crippen molar-refractivity contribution in [2.24, 2.45) is 5.92 Å². The molecule has 0 bridgehead atoms. The summed E-state index contributed by atoms with van der Waals surface area (Å²) < 4.78 is 5.74. The van der Waals surface area contributed by atoms with Gasteiger partial charge in [-0.25, -0.2) is 0 Å². The number of benzene rings is 2. The third-order valence-corrected chi connectivity index (χ3v) is 5.12. The molecule has 0 spiro atoms. The predicted octanol–water partition coefficient (Wildman–Crippen LogP) is 3.44. The molecule has 1 saturated carbocycles. The van der Waals surface area contributed by atoms with Gasteiger partial charge in [0.25, 0.3) is 11.8 Å². The Morgan fingerprint density at radius 1 is 1.10 bits per heavy atom. The van der Waals surface area contributed by atoms with Crippen molar-refractivity contribution in [3.63, 3.8) is 0 Å². The Hall–Kier alpha value is -3.12. The first-order chi connectivity index (χ1) is 15.0. The van der Waals surface area contributed by atoms with Crippen LogP contribution in [0.1, 0.15) is 47.2 Å². The Balaban J connectivity index is 1.62. The van der Waals surface area contributed by atoms with Crippen LogP contribution >= 0.6 is 0 Å². The molecule has 31 heavy (non-hydrogen) atoms. The minimum atomic E-state index is -0.460. The largest absolute Gasteiger partial charge is 0.494 e. The van der Waals surface area contributed by atoms with Crippen LogP contribution in [0.5, 0.6) is 5.75 Å². The summed E-state index contributed by atoms with van der Waals surface area (Å²) in [5.41, 5.74) is 2.43. The number of aryl methyl sites for hydroxylation is 1. The number of hydrogen-bond acceptors (Lipinski definition) is 4. The predicted molar refractivity (Wildman–Crippen MR) is 121 cm³/mol. The normalized spacial score (nSPS) is 13.5. The number of aliphatic hydroxyl groups excluding tert-OH is 1. The van der Waals surface area contributed by atoms with Gasteiger partial charge in [0.1, 0.15) is 11.4 Å². The van der Waals surface area contributed by atoms with Crippen molar-refractivity contribution in [1.29, 1.82) is 0 Å². The van der Waals surface area contributed by atoms with Gasteiger partial charge < -0.3 is 20.5 Å². The van der Waals surface area contributed by atoms with Gasteiger partial charge in [-0.05, 0) is 61.6 Å². The number of nitrogens with one attached hydrogen (secondary N) is 2. The van der Waals surface area contributed by atoms with Gasteiger partial charge in [-0.15, -0.1) is 0 Å². The Morgan fingerprint density at radius 2 is 1.81 bits per heavy atom. The highest BCUT2D eigenvalue weighted by Crippen LogP contribution is 2.33. The zero-order chi connectivity index (χ0) is 22.1. The Labute approximate surface area is 183 Å². The van der Waals surface area contributed by atoms with Crippen LogP contribution in [0.3, 0.4) is 0 Å². The summed E-state index contributed by atoms with van der Waals surface area (Å²) in [5.74, 6) is 0.770. The van der Waals surface area contributed by atoms with E-state index in [9.17, 15) is 9.59 Å². The molecule has 0 aromatic heterocycles. The number of aliphatic hydroxyl groups is 1. The molecule has 0 heterocycles. The Kier molecular flexibility index (Phi) is 8.24. The molecule has 2 aromatic rings. The van der Waals surface area contributed by atoms with Gasteiger partial charge in [-0.1, -0.05) is 42.7 Å². The molecular weight excluding hydrogens is 392 g/mol. The van der Waals surface area contributed by atoms with Gasteiger partial charge in [-0.2, -0.15) is 0 Å². The van der Waals surface area contributed by atoms with Gasteiger partial charge in [0.15, 0.2) is 0 Å². The van der Waals surface area contributed by atoms with Crippen LogP contribution in [0.2, 0.25) is 0 Å². The van der Waals surface area contributed by atoms with Crippen molar-refractivity contribution in [2.75, 3.05) is 19.8 Å². The molecule has 0 radical (unpaired) electrons. The fourth-order valence-electron chi connectivity index (χ4n) is 3.12. The zero-order valence-electron chi connectivity index (χ0n) is 17.9. The summed E-state index contributed by atoms with van der Waals surface area (Å²) in [6.45, 7) is 2.58. The molecule has 3 rings (SSSR count). The molecule has 0 atom stereocenters. The number of ether oxygens (including phenoxy) is 1.